The Kier molecular flexibility index (Phi) is 6.20. The van der Waals surface area contributed by atoms with Gasteiger partial charge in [0.1, 0.15) is 6.10 Å². The standard InChI is InChI=1S/C23H26N6O2/c1-28(2)23-26-11-16(12-27-23)14-29-8-9-31-21(15-29)20-7-6-19(13-25-20)17-4-3-5-18(10-17)22(24)30/h3-7,10-13,21H,8-9,14-15H2,1-2H3,(H2,24,30)/t21-/m1/s1. The highest BCUT2D eigenvalue weighted by molar-refractivity contribution is 5.94. The smallest absolute Gasteiger partial charge is 0.248 e. The SMILES string of the molecule is CN(C)c1ncc(CN2CCO[C@@H](c3ccc(-c4cccc(C(N)=O)c4)cn3)C2)cn1. The maximum Gasteiger partial charge on any atom is 0.248 e. The minimum absolute atomic E-state index is 0.0956. The van der Waals surface area contributed by atoms with Gasteiger partial charge in [-0.15, -0.1) is 0 Å². The molecule has 2 N–H and O–H groups in total. The molecule has 1 aromatic carbocycles. The molecule has 1 amide bonds. The molecule has 0 unspecified atom stereocenters. The first-order valence-electron chi connectivity index (χ1n) is 10.2. The Labute approximate surface area is 181 Å². The van der Waals surface area contributed by atoms with Crippen LogP contribution in [0.1, 0.15) is 27.7 Å². The van der Waals surface area contributed by atoms with Gasteiger partial charge >= 0.3 is 0 Å². The summed E-state index contributed by atoms with van der Waals surface area (Å²) in [5.41, 5.74) is 9.66. The average Bonchev–Trinajstić information content (AvgIpc) is 2.80. The minimum Gasteiger partial charge on any atom is -0.369 e. The minimum atomic E-state index is -0.441. The number of carbonyl (C=O) groups excluding carboxylic acids is 1. The molecule has 0 bridgehead atoms. The van der Waals surface area contributed by atoms with Crippen LogP contribution in [0.4, 0.5) is 5.95 Å². The van der Waals surface area contributed by atoms with E-state index in [1.807, 2.05) is 61.9 Å². The van der Waals surface area contributed by atoms with Crippen molar-refractivity contribution in [3.63, 3.8) is 0 Å². The number of amides is 1. The summed E-state index contributed by atoms with van der Waals surface area (Å²) >= 11 is 0. The maximum atomic E-state index is 11.4. The fraction of sp³-hybridized carbons (Fsp3) is 0.304. The number of morpholine rings is 1. The highest BCUT2D eigenvalue weighted by Crippen LogP contribution is 2.25. The number of ether oxygens (including phenoxy) is 1. The lowest BCUT2D eigenvalue weighted by Gasteiger charge is -2.32. The van der Waals surface area contributed by atoms with Crippen molar-refractivity contribution in [3.05, 3.63) is 71.8 Å². The second kappa shape index (κ2) is 9.20. The van der Waals surface area contributed by atoms with Crippen molar-refractivity contribution in [1.82, 2.24) is 19.9 Å². The summed E-state index contributed by atoms with van der Waals surface area (Å²) in [6, 6.07) is 11.2. The monoisotopic (exact) mass is 418 g/mol. The molecule has 3 heterocycles. The molecule has 1 fully saturated rings. The van der Waals surface area contributed by atoms with Gasteiger partial charge in [-0.25, -0.2) is 9.97 Å². The van der Waals surface area contributed by atoms with Crippen LogP contribution in [0, 0.1) is 0 Å². The van der Waals surface area contributed by atoms with Gasteiger partial charge in [-0.05, 0) is 23.8 Å². The lowest BCUT2D eigenvalue weighted by Crippen LogP contribution is -2.38. The second-order valence-corrected chi connectivity index (χ2v) is 7.80. The highest BCUT2D eigenvalue weighted by atomic mass is 16.5. The van der Waals surface area contributed by atoms with E-state index < -0.39 is 5.91 Å². The molecule has 2 aromatic heterocycles. The van der Waals surface area contributed by atoms with Crippen molar-refractivity contribution in [2.45, 2.75) is 12.6 Å². The highest BCUT2D eigenvalue weighted by Gasteiger charge is 2.23. The molecule has 1 atom stereocenters. The van der Waals surface area contributed by atoms with E-state index in [2.05, 4.69) is 19.9 Å². The largest absolute Gasteiger partial charge is 0.369 e. The summed E-state index contributed by atoms with van der Waals surface area (Å²) in [4.78, 5) is 29.1. The molecule has 0 radical (unpaired) electrons. The number of rotatable bonds is 6. The number of anilines is 1. The van der Waals surface area contributed by atoms with Crippen molar-refractivity contribution in [2.24, 2.45) is 5.73 Å². The Hall–Kier alpha value is -3.36. The van der Waals surface area contributed by atoms with E-state index in [4.69, 9.17) is 10.5 Å². The van der Waals surface area contributed by atoms with Crippen LogP contribution in [0.15, 0.2) is 55.0 Å². The van der Waals surface area contributed by atoms with Gasteiger partial charge in [0.05, 0.1) is 12.3 Å². The number of hydrogen-bond acceptors (Lipinski definition) is 7. The molecule has 1 saturated heterocycles. The Morgan fingerprint density at radius 1 is 1.13 bits per heavy atom. The van der Waals surface area contributed by atoms with Gasteiger partial charge in [0.15, 0.2) is 0 Å². The number of benzene rings is 1. The summed E-state index contributed by atoms with van der Waals surface area (Å²) in [7, 11) is 3.85. The topological polar surface area (TPSA) is 97.5 Å². The zero-order valence-corrected chi connectivity index (χ0v) is 17.7. The lowest BCUT2D eigenvalue weighted by molar-refractivity contribution is -0.0350. The Morgan fingerprint density at radius 3 is 2.61 bits per heavy atom. The zero-order valence-electron chi connectivity index (χ0n) is 17.7. The predicted molar refractivity (Wildman–Crippen MR) is 119 cm³/mol. The van der Waals surface area contributed by atoms with Gasteiger partial charge in [-0.2, -0.15) is 0 Å². The summed E-state index contributed by atoms with van der Waals surface area (Å²) < 4.78 is 5.98. The third-order valence-corrected chi connectivity index (χ3v) is 5.25. The van der Waals surface area contributed by atoms with Crippen molar-refractivity contribution >= 4 is 11.9 Å². The van der Waals surface area contributed by atoms with Crippen LogP contribution in [0.2, 0.25) is 0 Å². The van der Waals surface area contributed by atoms with Crippen molar-refractivity contribution < 1.29 is 9.53 Å². The van der Waals surface area contributed by atoms with Gasteiger partial charge in [-0.1, -0.05) is 18.2 Å². The number of primary amides is 1. The molecule has 1 aliphatic heterocycles. The first kappa shape index (κ1) is 20.9. The van der Waals surface area contributed by atoms with E-state index >= 15 is 0 Å². The molecule has 0 saturated carbocycles. The molecular formula is C23H26N6O2. The van der Waals surface area contributed by atoms with E-state index in [0.717, 1.165) is 42.0 Å². The lowest BCUT2D eigenvalue weighted by atomic mass is 10.0. The number of nitrogens with two attached hydrogens (primary N) is 1. The van der Waals surface area contributed by atoms with Gasteiger partial charge < -0.3 is 15.4 Å². The van der Waals surface area contributed by atoms with Crippen molar-refractivity contribution in [1.29, 1.82) is 0 Å². The zero-order chi connectivity index (χ0) is 21.8. The molecule has 160 valence electrons. The molecule has 31 heavy (non-hydrogen) atoms. The summed E-state index contributed by atoms with van der Waals surface area (Å²) in [5, 5.41) is 0. The van der Waals surface area contributed by atoms with Crippen LogP contribution in [-0.2, 0) is 11.3 Å². The third-order valence-electron chi connectivity index (χ3n) is 5.25. The van der Waals surface area contributed by atoms with Crippen LogP contribution >= 0.6 is 0 Å². The normalized spacial score (nSPS) is 16.8. The summed E-state index contributed by atoms with van der Waals surface area (Å²) in [5.74, 6) is 0.262. The van der Waals surface area contributed by atoms with Gasteiger partial charge in [0.25, 0.3) is 0 Å². The second-order valence-electron chi connectivity index (χ2n) is 7.80. The van der Waals surface area contributed by atoms with Crippen LogP contribution in [0.5, 0.6) is 0 Å². The predicted octanol–water partition coefficient (Wildman–Crippen LogP) is 2.28. The van der Waals surface area contributed by atoms with Gasteiger partial charge in [0.2, 0.25) is 11.9 Å². The molecule has 8 heteroatoms. The summed E-state index contributed by atoms with van der Waals surface area (Å²) in [6.07, 6.45) is 5.47. The number of nitrogens with zero attached hydrogens (tertiary/aromatic N) is 5. The van der Waals surface area contributed by atoms with E-state index in [1.54, 1.807) is 12.1 Å². The third kappa shape index (κ3) is 5.04. The first-order valence-corrected chi connectivity index (χ1v) is 10.2. The molecule has 8 nitrogen and oxygen atoms in total. The molecule has 4 rings (SSSR count). The number of aromatic nitrogens is 3. The van der Waals surface area contributed by atoms with E-state index in [-0.39, 0.29) is 6.10 Å². The van der Waals surface area contributed by atoms with Crippen molar-refractivity contribution in [3.8, 4) is 11.1 Å². The molecule has 0 aliphatic carbocycles. The average molecular weight is 419 g/mol. The van der Waals surface area contributed by atoms with Gasteiger partial charge in [-0.3, -0.25) is 14.7 Å². The number of hydrogen-bond donors (Lipinski definition) is 1. The van der Waals surface area contributed by atoms with Crippen LogP contribution in [0.3, 0.4) is 0 Å². The maximum absolute atomic E-state index is 11.4. The van der Waals surface area contributed by atoms with Gasteiger partial charge in [0, 0.05) is 69.0 Å². The summed E-state index contributed by atoms with van der Waals surface area (Å²) in [6.45, 7) is 3.01. The number of carbonyl (C=O) groups is 1. The van der Waals surface area contributed by atoms with Crippen LogP contribution in [-0.4, -0.2) is 59.6 Å². The number of pyridine rings is 1. The quantitative estimate of drug-likeness (QED) is 0.656. The Morgan fingerprint density at radius 2 is 1.94 bits per heavy atom. The molecule has 3 aromatic rings. The van der Waals surface area contributed by atoms with Crippen LogP contribution < -0.4 is 10.6 Å². The fourth-order valence-corrected chi connectivity index (χ4v) is 3.56. The van der Waals surface area contributed by atoms with E-state index in [0.29, 0.717) is 18.1 Å². The first-order chi connectivity index (χ1) is 15.0. The molecule has 1 aliphatic rings. The van der Waals surface area contributed by atoms with Crippen LogP contribution in [0.25, 0.3) is 11.1 Å². The molecular weight excluding hydrogens is 392 g/mol. The van der Waals surface area contributed by atoms with E-state index in [1.165, 1.54) is 0 Å². The Bertz CT molecular complexity index is 1040. The van der Waals surface area contributed by atoms with Crippen molar-refractivity contribution in [2.75, 3.05) is 38.7 Å². The Balaban J connectivity index is 1.42. The molecule has 0 spiro atoms. The van der Waals surface area contributed by atoms with E-state index in [9.17, 15) is 4.79 Å². The fourth-order valence-electron chi connectivity index (χ4n) is 3.56.